The van der Waals surface area contributed by atoms with Crippen molar-refractivity contribution in [2.45, 2.75) is 35.9 Å². The summed E-state index contributed by atoms with van der Waals surface area (Å²) in [5, 5.41) is 0. The van der Waals surface area contributed by atoms with Gasteiger partial charge in [-0.15, -0.1) is 11.8 Å². The Morgan fingerprint density at radius 2 is 2.00 bits per heavy atom. The minimum absolute atomic E-state index is 0.627. The number of hydrogen-bond acceptors (Lipinski definition) is 1. The van der Waals surface area contributed by atoms with Gasteiger partial charge in [-0.25, -0.2) is 0 Å². The van der Waals surface area contributed by atoms with E-state index in [0.717, 1.165) is 0 Å². The van der Waals surface area contributed by atoms with Crippen LogP contribution in [-0.4, -0.2) is 10.6 Å². The maximum absolute atomic E-state index is 3.74. The second-order valence-corrected chi connectivity index (χ2v) is 6.93. The SMILES string of the molecule is CC(Br)C1(CCSc2ccccc2)CC1. The van der Waals surface area contributed by atoms with Crippen LogP contribution in [-0.2, 0) is 0 Å². The Hall–Kier alpha value is 0.0500. The molecular weight excluding hydrogens is 268 g/mol. The Balaban J connectivity index is 1.76. The summed E-state index contributed by atoms with van der Waals surface area (Å²) in [4.78, 5) is 2.08. The van der Waals surface area contributed by atoms with Crippen LogP contribution in [0, 0.1) is 5.41 Å². The van der Waals surface area contributed by atoms with E-state index in [4.69, 9.17) is 0 Å². The molecule has 15 heavy (non-hydrogen) atoms. The van der Waals surface area contributed by atoms with E-state index in [1.165, 1.54) is 29.9 Å². The van der Waals surface area contributed by atoms with Crippen molar-refractivity contribution in [2.75, 3.05) is 5.75 Å². The van der Waals surface area contributed by atoms with Gasteiger partial charge in [-0.2, -0.15) is 0 Å². The molecule has 1 aromatic rings. The van der Waals surface area contributed by atoms with Crippen molar-refractivity contribution in [1.82, 2.24) is 0 Å². The molecule has 1 atom stereocenters. The third kappa shape index (κ3) is 3.01. The van der Waals surface area contributed by atoms with E-state index in [1.54, 1.807) is 0 Å². The molecule has 0 aromatic heterocycles. The number of hydrogen-bond donors (Lipinski definition) is 0. The molecule has 1 unspecified atom stereocenters. The maximum atomic E-state index is 3.74. The van der Waals surface area contributed by atoms with Crippen molar-refractivity contribution in [1.29, 1.82) is 0 Å². The lowest BCUT2D eigenvalue weighted by Crippen LogP contribution is -2.12. The Morgan fingerprint density at radius 3 is 2.53 bits per heavy atom. The molecule has 0 nitrogen and oxygen atoms in total. The number of benzene rings is 1. The summed E-state index contributed by atoms with van der Waals surface area (Å²) in [5.41, 5.74) is 0.627. The molecule has 0 aliphatic heterocycles. The van der Waals surface area contributed by atoms with Crippen LogP contribution < -0.4 is 0 Å². The molecule has 0 radical (unpaired) electrons. The lowest BCUT2D eigenvalue weighted by molar-refractivity contribution is 0.497. The first-order valence-corrected chi connectivity index (χ1v) is 7.45. The highest BCUT2D eigenvalue weighted by atomic mass is 79.9. The van der Waals surface area contributed by atoms with Gasteiger partial charge in [-0.1, -0.05) is 41.1 Å². The van der Waals surface area contributed by atoms with Crippen LogP contribution >= 0.6 is 27.7 Å². The van der Waals surface area contributed by atoms with Gasteiger partial charge in [0.05, 0.1) is 0 Å². The van der Waals surface area contributed by atoms with E-state index in [9.17, 15) is 0 Å². The summed E-state index contributed by atoms with van der Waals surface area (Å²) in [7, 11) is 0. The minimum Gasteiger partial charge on any atom is -0.126 e. The summed E-state index contributed by atoms with van der Waals surface area (Å²) < 4.78 is 0. The molecule has 0 saturated heterocycles. The highest BCUT2D eigenvalue weighted by molar-refractivity contribution is 9.09. The maximum Gasteiger partial charge on any atom is 0.0174 e. The molecule has 1 aromatic carbocycles. The highest BCUT2D eigenvalue weighted by Gasteiger charge is 2.45. The predicted octanol–water partition coefficient (Wildman–Crippen LogP) is 4.73. The summed E-state index contributed by atoms with van der Waals surface area (Å²) in [5.74, 6) is 1.25. The second-order valence-electron chi connectivity index (χ2n) is 4.39. The van der Waals surface area contributed by atoms with Crippen LogP contribution in [0.25, 0.3) is 0 Å². The number of halogens is 1. The lowest BCUT2D eigenvalue weighted by atomic mass is 10.0. The van der Waals surface area contributed by atoms with E-state index < -0.39 is 0 Å². The summed E-state index contributed by atoms with van der Waals surface area (Å²) in [6.45, 7) is 2.29. The van der Waals surface area contributed by atoms with Gasteiger partial charge in [0.15, 0.2) is 0 Å². The van der Waals surface area contributed by atoms with Gasteiger partial charge in [0.1, 0.15) is 0 Å². The number of alkyl halides is 1. The first kappa shape index (κ1) is 11.5. The fourth-order valence-corrected chi connectivity index (χ4v) is 3.68. The fraction of sp³-hybridized carbons (Fsp3) is 0.538. The number of rotatable bonds is 5. The van der Waals surface area contributed by atoms with E-state index in [2.05, 4.69) is 53.2 Å². The first-order valence-electron chi connectivity index (χ1n) is 5.55. The Bertz CT molecular complexity index is 304. The van der Waals surface area contributed by atoms with Crippen molar-refractivity contribution in [3.05, 3.63) is 30.3 Å². The molecule has 0 bridgehead atoms. The number of thioether (sulfide) groups is 1. The summed E-state index contributed by atoms with van der Waals surface area (Å²) >= 11 is 5.72. The molecule has 2 rings (SSSR count). The minimum atomic E-state index is 0.627. The van der Waals surface area contributed by atoms with Gasteiger partial charge in [-0.05, 0) is 42.6 Å². The van der Waals surface area contributed by atoms with Gasteiger partial charge < -0.3 is 0 Å². The lowest BCUT2D eigenvalue weighted by Gasteiger charge is -2.17. The van der Waals surface area contributed by atoms with Crippen molar-refractivity contribution in [3.63, 3.8) is 0 Å². The zero-order valence-electron chi connectivity index (χ0n) is 9.08. The molecule has 0 amide bonds. The van der Waals surface area contributed by atoms with Crippen molar-refractivity contribution < 1.29 is 0 Å². The summed E-state index contributed by atoms with van der Waals surface area (Å²) in [6.07, 6.45) is 4.17. The van der Waals surface area contributed by atoms with Gasteiger partial charge >= 0.3 is 0 Å². The van der Waals surface area contributed by atoms with Crippen LogP contribution in [0.5, 0.6) is 0 Å². The van der Waals surface area contributed by atoms with Crippen LogP contribution in [0.15, 0.2) is 35.2 Å². The van der Waals surface area contributed by atoms with Crippen LogP contribution in [0.4, 0.5) is 0 Å². The van der Waals surface area contributed by atoms with Gasteiger partial charge in [0, 0.05) is 9.72 Å². The van der Waals surface area contributed by atoms with E-state index in [1.807, 2.05) is 11.8 Å². The molecule has 82 valence electrons. The van der Waals surface area contributed by atoms with Gasteiger partial charge in [0.2, 0.25) is 0 Å². The zero-order valence-corrected chi connectivity index (χ0v) is 11.5. The molecule has 1 aliphatic carbocycles. The van der Waals surface area contributed by atoms with Gasteiger partial charge in [-0.3, -0.25) is 0 Å². The third-order valence-electron chi connectivity index (χ3n) is 3.35. The summed E-state index contributed by atoms with van der Waals surface area (Å²) in [6, 6.07) is 10.7. The van der Waals surface area contributed by atoms with Crippen molar-refractivity contribution >= 4 is 27.7 Å². The molecular formula is C13H17BrS. The molecule has 0 heterocycles. The average molecular weight is 285 g/mol. The Kier molecular flexibility index (Phi) is 3.78. The third-order valence-corrected chi connectivity index (χ3v) is 5.33. The highest BCUT2D eigenvalue weighted by Crippen LogP contribution is 2.54. The van der Waals surface area contributed by atoms with Crippen LogP contribution in [0.1, 0.15) is 26.2 Å². The largest absolute Gasteiger partial charge is 0.126 e. The van der Waals surface area contributed by atoms with Crippen molar-refractivity contribution in [3.8, 4) is 0 Å². The molecule has 2 heteroatoms. The smallest absolute Gasteiger partial charge is 0.0174 e. The molecule has 1 saturated carbocycles. The van der Waals surface area contributed by atoms with Crippen LogP contribution in [0.2, 0.25) is 0 Å². The standard InChI is InChI=1S/C13H17BrS/c1-11(14)13(7-8-13)9-10-15-12-5-3-2-4-6-12/h2-6,11H,7-10H2,1H3. The normalized spacial score (nSPS) is 19.9. The van der Waals surface area contributed by atoms with E-state index in [-0.39, 0.29) is 0 Å². The predicted molar refractivity (Wildman–Crippen MR) is 71.8 cm³/mol. The van der Waals surface area contributed by atoms with Gasteiger partial charge in [0.25, 0.3) is 0 Å². The molecule has 1 aliphatic rings. The van der Waals surface area contributed by atoms with Crippen molar-refractivity contribution in [2.24, 2.45) is 5.41 Å². The molecule has 0 spiro atoms. The first-order chi connectivity index (χ1) is 7.23. The molecule has 1 fully saturated rings. The zero-order chi connectivity index (χ0) is 10.7. The Morgan fingerprint density at radius 1 is 1.33 bits per heavy atom. The quantitative estimate of drug-likeness (QED) is 0.556. The average Bonchev–Trinajstić information content (AvgIpc) is 3.01. The monoisotopic (exact) mass is 284 g/mol. The second kappa shape index (κ2) is 4.92. The topological polar surface area (TPSA) is 0 Å². The fourth-order valence-electron chi connectivity index (χ4n) is 1.90. The van der Waals surface area contributed by atoms with Crippen LogP contribution in [0.3, 0.4) is 0 Å². The Labute approximate surface area is 105 Å². The van der Waals surface area contributed by atoms with E-state index in [0.29, 0.717) is 10.2 Å². The van der Waals surface area contributed by atoms with E-state index >= 15 is 0 Å². The molecule has 0 N–H and O–H groups in total.